The van der Waals surface area contributed by atoms with Gasteiger partial charge in [0.05, 0.1) is 49.6 Å². The smallest absolute Gasteiger partial charge is 0.229 e. The van der Waals surface area contributed by atoms with Gasteiger partial charge in [-0.3, -0.25) is 0 Å². The molecule has 3 aliphatic rings. The Kier molecular flexibility index (Phi) is 6.92. The highest BCUT2D eigenvalue weighted by molar-refractivity contribution is 5.90. The highest BCUT2D eigenvalue weighted by Gasteiger charge is 2.27. The normalized spacial score (nSPS) is 22.6. The van der Waals surface area contributed by atoms with Crippen molar-refractivity contribution >= 4 is 22.8 Å². The first-order chi connectivity index (χ1) is 18.1. The summed E-state index contributed by atoms with van der Waals surface area (Å²) < 4.78 is 25.9. The van der Waals surface area contributed by atoms with Crippen molar-refractivity contribution in [3.05, 3.63) is 41.7 Å². The second-order valence-electron chi connectivity index (χ2n) is 10.5. The first-order valence-corrected chi connectivity index (χ1v) is 13.4. The Bertz CT molecular complexity index is 1270. The van der Waals surface area contributed by atoms with E-state index in [0.717, 1.165) is 48.0 Å². The van der Waals surface area contributed by atoms with Crippen molar-refractivity contribution in [2.75, 3.05) is 55.9 Å². The van der Waals surface area contributed by atoms with Crippen molar-refractivity contribution in [3.8, 4) is 11.3 Å². The molecule has 0 spiro atoms. The van der Waals surface area contributed by atoms with Crippen LogP contribution in [0.25, 0.3) is 22.3 Å². The summed E-state index contributed by atoms with van der Waals surface area (Å²) in [7, 11) is 0. The van der Waals surface area contributed by atoms with Crippen LogP contribution < -0.4 is 15.1 Å². The van der Waals surface area contributed by atoms with E-state index in [1.165, 1.54) is 18.9 Å². The van der Waals surface area contributed by atoms with Gasteiger partial charge in [0.25, 0.3) is 0 Å². The summed E-state index contributed by atoms with van der Waals surface area (Å²) in [5.41, 5.74) is 2.96. The van der Waals surface area contributed by atoms with Gasteiger partial charge in [0.2, 0.25) is 5.95 Å². The molecule has 0 bridgehead atoms. The van der Waals surface area contributed by atoms with E-state index in [0.29, 0.717) is 50.1 Å². The van der Waals surface area contributed by atoms with Crippen LogP contribution in [0.2, 0.25) is 0 Å². The second kappa shape index (κ2) is 10.5. The van der Waals surface area contributed by atoms with Crippen molar-refractivity contribution in [3.63, 3.8) is 0 Å². The molecule has 3 fully saturated rings. The zero-order valence-electron chi connectivity index (χ0n) is 21.6. The molecule has 1 saturated carbocycles. The lowest BCUT2D eigenvalue weighted by molar-refractivity contribution is 0.0973. The van der Waals surface area contributed by atoms with Gasteiger partial charge in [0.1, 0.15) is 11.6 Å². The number of halogens is 1. The Hall–Kier alpha value is -2.88. The summed E-state index contributed by atoms with van der Waals surface area (Å²) >= 11 is 0. The zero-order valence-corrected chi connectivity index (χ0v) is 21.6. The predicted molar refractivity (Wildman–Crippen MR) is 142 cm³/mol. The monoisotopic (exact) mass is 506 g/mol. The van der Waals surface area contributed by atoms with Gasteiger partial charge in [-0.1, -0.05) is 0 Å². The van der Waals surface area contributed by atoms with E-state index in [1.807, 2.05) is 12.1 Å². The largest absolute Gasteiger partial charge is 0.377 e. The number of hydrogen-bond acceptors (Lipinski definition) is 8. The van der Waals surface area contributed by atoms with Gasteiger partial charge in [0, 0.05) is 30.8 Å². The van der Waals surface area contributed by atoms with Gasteiger partial charge < -0.3 is 24.6 Å². The first kappa shape index (κ1) is 24.5. The minimum absolute atomic E-state index is 0.173. The molecule has 1 aromatic carbocycles. The third-order valence-corrected chi connectivity index (χ3v) is 7.58. The van der Waals surface area contributed by atoms with E-state index in [1.54, 1.807) is 6.07 Å². The minimum atomic E-state index is -0.192. The number of nitrogens with one attached hydrogen (secondary N) is 1. The van der Waals surface area contributed by atoms with Crippen LogP contribution in [0.5, 0.6) is 0 Å². The standard InChI is InChI=1S/C28H35FN6O2/c1-18-16-36-11-9-34(18)27-23-6-8-25(21-5-7-24(29)22(13-21)15-30-14-20-3-4-20)31-26(23)32-28(33-27)35-10-12-37-17-19(35)2/h5-8,13,18-20,30H,3-4,9-12,14-17H2,1-2H3/t18-,19-/m0/s1. The van der Waals surface area contributed by atoms with Crippen LogP contribution in [0.15, 0.2) is 30.3 Å². The van der Waals surface area contributed by atoms with Gasteiger partial charge in [-0.15, -0.1) is 0 Å². The molecule has 37 heavy (non-hydrogen) atoms. The third kappa shape index (κ3) is 5.26. The molecule has 0 unspecified atom stereocenters. The number of pyridine rings is 1. The molecule has 3 aromatic rings. The number of morpholine rings is 2. The molecule has 8 nitrogen and oxygen atoms in total. The quantitative estimate of drug-likeness (QED) is 0.519. The van der Waals surface area contributed by atoms with Gasteiger partial charge >= 0.3 is 0 Å². The van der Waals surface area contributed by atoms with E-state index in [4.69, 9.17) is 24.4 Å². The number of aromatic nitrogens is 3. The van der Waals surface area contributed by atoms with Gasteiger partial charge in [-0.25, -0.2) is 9.37 Å². The summed E-state index contributed by atoms with van der Waals surface area (Å²) in [5, 5.41) is 4.31. The van der Waals surface area contributed by atoms with Gasteiger partial charge in [-0.05, 0) is 69.5 Å². The van der Waals surface area contributed by atoms with Crippen LogP contribution in [0.1, 0.15) is 32.3 Å². The SMILES string of the molecule is C[C@H]1COCCN1c1nc(N2CCOC[C@@H]2C)c2ccc(-c3ccc(F)c(CNCC4CC4)c3)nc2n1. The molecule has 1 aliphatic carbocycles. The number of anilines is 2. The average Bonchev–Trinajstić information content (AvgIpc) is 3.74. The second-order valence-corrected chi connectivity index (χ2v) is 10.5. The highest BCUT2D eigenvalue weighted by Crippen LogP contribution is 2.32. The van der Waals surface area contributed by atoms with E-state index in [-0.39, 0.29) is 17.9 Å². The summed E-state index contributed by atoms with van der Waals surface area (Å²) in [6.45, 7) is 9.87. The topological polar surface area (TPSA) is 75.6 Å². The van der Waals surface area contributed by atoms with Crippen molar-refractivity contribution in [2.24, 2.45) is 5.92 Å². The van der Waals surface area contributed by atoms with Crippen molar-refractivity contribution < 1.29 is 13.9 Å². The van der Waals surface area contributed by atoms with E-state index in [9.17, 15) is 4.39 Å². The van der Waals surface area contributed by atoms with Crippen molar-refractivity contribution in [1.82, 2.24) is 20.3 Å². The van der Waals surface area contributed by atoms with Gasteiger partial charge in [0.15, 0.2) is 5.65 Å². The summed E-state index contributed by atoms with van der Waals surface area (Å²) in [6, 6.07) is 9.65. The molecule has 2 aliphatic heterocycles. The highest BCUT2D eigenvalue weighted by atomic mass is 19.1. The molecular formula is C28H35FN6O2. The van der Waals surface area contributed by atoms with Crippen LogP contribution in [-0.4, -0.2) is 73.1 Å². The maximum atomic E-state index is 14.6. The Labute approximate surface area is 217 Å². The number of ether oxygens (including phenoxy) is 2. The third-order valence-electron chi connectivity index (χ3n) is 7.58. The molecular weight excluding hydrogens is 471 g/mol. The Morgan fingerprint density at radius 3 is 2.43 bits per heavy atom. The van der Waals surface area contributed by atoms with Gasteiger partial charge in [-0.2, -0.15) is 9.97 Å². The molecule has 4 heterocycles. The fourth-order valence-corrected chi connectivity index (χ4v) is 5.16. The molecule has 6 rings (SSSR count). The lowest BCUT2D eigenvalue weighted by Gasteiger charge is -2.37. The molecule has 0 amide bonds. The molecule has 196 valence electrons. The van der Waals surface area contributed by atoms with Crippen LogP contribution in [-0.2, 0) is 16.0 Å². The number of rotatable bonds is 7. The summed E-state index contributed by atoms with van der Waals surface area (Å²) in [6.07, 6.45) is 2.55. The lowest BCUT2D eigenvalue weighted by Crippen LogP contribution is -2.46. The minimum Gasteiger partial charge on any atom is -0.377 e. The predicted octanol–water partition coefficient (Wildman–Crippen LogP) is 3.78. The van der Waals surface area contributed by atoms with E-state index >= 15 is 0 Å². The fraction of sp³-hybridized carbons (Fsp3) is 0.536. The van der Waals surface area contributed by atoms with E-state index < -0.39 is 0 Å². The molecule has 1 N–H and O–H groups in total. The van der Waals surface area contributed by atoms with Crippen molar-refractivity contribution in [2.45, 2.75) is 45.3 Å². The average molecular weight is 507 g/mol. The molecule has 0 radical (unpaired) electrons. The van der Waals surface area contributed by atoms with E-state index in [2.05, 4.69) is 35.0 Å². The molecule has 2 aromatic heterocycles. The maximum Gasteiger partial charge on any atom is 0.229 e. The number of nitrogens with zero attached hydrogens (tertiary/aromatic N) is 5. The summed E-state index contributed by atoms with van der Waals surface area (Å²) in [5.74, 6) is 2.12. The lowest BCUT2D eigenvalue weighted by atomic mass is 10.1. The van der Waals surface area contributed by atoms with Crippen LogP contribution in [0.4, 0.5) is 16.2 Å². The maximum absolute atomic E-state index is 14.6. The van der Waals surface area contributed by atoms with Crippen molar-refractivity contribution in [1.29, 1.82) is 0 Å². The zero-order chi connectivity index (χ0) is 25.4. The molecule has 2 saturated heterocycles. The number of benzene rings is 1. The first-order valence-electron chi connectivity index (χ1n) is 13.4. The van der Waals surface area contributed by atoms with Crippen LogP contribution in [0.3, 0.4) is 0 Å². The Morgan fingerprint density at radius 1 is 0.946 bits per heavy atom. The Balaban J connectivity index is 1.38. The Morgan fingerprint density at radius 2 is 1.70 bits per heavy atom. The fourth-order valence-electron chi connectivity index (χ4n) is 5.16. The molecule has 9 heteroatoms. The van der Waals surface area contributed by atoms with Crippen LogP contribution >= 0.6 is 0 Å². The van der Waals surface area contributed by atoms with Crippen LogP contribution in [0, 0.1) is 11.7 Å². The molecule has 2 atom stereocenters. The summed E-state index contributed by atoms with van der Waals surface area (Å²) in [4.78, 5) is 19.5. The number of fused-ring (bicyclic) bond motifs is 1. The number of hydrogen-bond donors (Lipinski definition) is 1.